The fourth-order valence-electron chi connectivity index (χ4n) is 5.98. The summed E-state index contributed by atoms with van der Waals surface area (Å²) in [5, 5.41) is 10.2. The number of carbonyl (C=O) groups excluding carboxylic acids is 7. The van der Waals surface area contributed by atoms with Crippen molar-refractivity contribution in [3.05, 3.63) is 58.1 Å². The highest BCUT2D eigenvalue weighted by molar-refractivity contribution is 6.16. The van der Waals surface area contributed by atoms with Gasteiger partial charge in [-0.2, -0.15) is 0 Å². The highest BCUT2D eigenvalue weighted by Gasteiger charge is 2.56. The number of aliphatic hydroxyl groups is 1. The molecule has 1 heterocycles. The molecule has 0 saturated carbocycles. The van der Waals surface area contributed by atoms with Crippen LogP contribution >= 0.6 is 0 Å². The molecule has 256 valence electrons. The monoisotopic (exact) mass is 670 g/mol. The Bertz CT molecular complexity index is 1660. The molecule has 0 bridgehead atoms. The molecule has 6 atom stereocenters. The van der Waals surface area contributed by atoms with Crippen molar-refractivity contribution in [2.24, 2.45) is 0 Å². The highest BCUT2D eigenvalue weighted by Crippen LogP contribution is 2.49. The Balaban J connectivity index is 2.08. The zero-order valence-corrected chi connectivity index (χ0v) is 26.9. The second-order valence-electron chi connectivity index (χ2n) is 11.1. The molecule has 1 aliphatic heterocycles. The van der Waals surface area contributed by atoms with Gasteiger partial charge in [0.05, 0.1) is 17.7 Å². The molecule has 1 N–H and O–H groups in total. The molecule has 1 aliphatic carbocycles. The summed E-state index contributed by atoms with van der Waals surface area (Å²) in [6.45, 7) is 5.56. The van der Waals surface area contributed by atoms with Crippen LogP contribution in [0.5, 0.6) is 11.5 Å². The smallest absolute Gasteiger partial charge is 0.308 e. The van der Waals surface area contributed by atoms with Crippen molar-refractivity contribution in [2.45, 2.75) is 84.6 Å². The molecule has 1 saturated heterocycles. The van der Waals surface area contributed by atoms with Crippen molar-refractivity contribution in [2.75, 3.05) is 6.61 Å². The number of hydrogen-bond donors (Lipinski definition) is 1. The third-order valence-corrected chi connectivity index (χ3v) is 7.42. The zero-order chi connectivity index (χ0) is 35.4. The molecule has 2 aromatic rings. The standard InChI is InChI=1S/C33H34O15/c1-14(35)42-13-25-30(45-17(4)38)32(46-18(5)39)33(47-19(6)40)31(48-25)26-21-8-7-9-23(43-15(2)36)27(21)29(41)28-22(26)10-20(12-34)11-24(28)44-16(3)37/h7-11,25-26,30-34H,12-13H2,1-6H3/t25-,26?,30-,31-,32+,33+/m1/s1. The second-order valence-corrected chi connectivity index (χ2v) is 11.1. The lowest BCUT2D eigenvalue weighted by Crippen LogP contribution is -2.63. The van der Waals surface area contributed by atoms with Gasteiger partial charge < -0.3 is 38.3 Å². The summed E-state index contributed by atoms with van der Waals surface area (Å²) in [7, 11) is 0. The quantitative estimate of drug-likeness (QED) is 0.230. The summed E-state index contributed by atoms with van der Waals surface area (Å²) in [6, 6.07) is 7.15. The molecule has 0 aromatic heterocycles. The van der Waals surface area contributed by atoms with E-state index < -0.39 is 91.3 Å². The van der Waals surface area contributed by atoms with Gasteiger partial charge in [0.1, 0.15) is 30.3 Å². The lowest BCUT2D eigenvalue weighted by Gasteiger charge is -2.48. The number of aliphatic hydroxyl groups excluding tert-OH is 1. The Hall–Kier alpha value is -5.15. The van der Waals surface area contributed by atoms with Crippen molar-refractivity contribution in [3.8, 4) is 11.5 Å². The first kappa shape index (κ1) is 35.7. The van der Waals surface area contributed by atoms with E-state index in [-0.39, 0.29) is 39.3 Å². The van der Waals surface area contributed by atoms with E-state index >= 15 is 0 Å². The minimum absolute atomic E-state index is 0.122. The second kappa shape index (κ2) is 14.7. The van der Waals surface area contributed by atoms with Crippen LogP contribution < -0.4 is 9.47 Å². The van der Waals surface area contributed by atoms with Gasteiger partial charge in [0, 0.05) is 47.5 Å². The molecule has 1 fully saturated rings. The third-order valence-electron chi connectivity index (χ3n) is 7.42. The lowest BCUT2D eigenvalue weighted by atomic mass is 9.71. The summed E-state index contributed by atoms with van der Waals surface area (Å²) in [4.78, 5) is 87.7. The van der Waals surface area contributed by atoms with Gasteiger partial charge in [0.2, 0.25) is 5.78 Å². The predicted octanol–water partition coefficient (Wildman–Crippen LogP) is 1.83. The summed E-state index contributed by atoms with van der Waals surface area (Å²) >= 11 is 0. The van der Waals surface area contributed by atoms with Crippen LogP contribution in [0, 0.1) is 0 Å². The van der Waals surface area contributed by atoms with Gasteiger partial charge in [0.25, 0.3) is 0 Å². The van der Waals surface area contributed by atoms with Crippen LogP contribution in [-0.4, -0.2) is 83.8 Å². The van der Waals surface area contributed by atoms with E-state index in [4.69, 9.17) is 33.2 Å². The lowest BCUT2D eigenvalue weighted by molar-refractivity contribution is -0.254. The zero-order valence-electron chi connectivity index (χ0n) is 26.9. The Labute approximate surface area is 274 Å². The largest absolute Gasteiger partial charge is 0.463 e. The Morgan fingerprint density at radius 1 is 0.688 bits per heavy atom. The molecular weight excluding hydrogens is 636 g/mol. The molecule has 2 aromatic carbocycles. The summed E-state index contributed by atoms with van der Waals surface area (Å²) in [5.74, 6) is -7.04. The van der Waals surface area contributed by atoms with E-state index in [2.05, 4.69) is 0 Å². The number of esters is 6. The van der Waals surface area contributed by atoms with E-state index in [9.17, 15) is 38.7 Å². The normalized spacial score (nSPS) is 22.7. The number of hydrogen-bond acceptors (Lipinski definition) is 15. The number of benzene rings is 2. The van der Waals surface area contributed by atoms with Gasteiger partial charge in [-0.3, -0.25) is 33.6 Å². The van der Waals surface area contributed by atoms with Crippen molar-refractivity contribution in [1.29, 1.82) is 0 Å². The molecule has 2 aliphatic rings. The number of fused-ring (bicyclic) bond motifs is 2. The topological polar surface area (TPSA) is 204 Å². The molecule has 0 spiro atoms. The van der Waals surface area contributed by atoms with E-state index in [1.54, 1.807) is 0 Å². The van der Waals surface area contributed by atoms with Crippen molar-refractivity contribution in [3.63, 3.8) is 0 Å². The van der Waals surface area contributed by atoms with Crippen LogP contribution in [-0.2, 0) is 59.1 Å². The minimum Gasteiger partial charge on any atom is -0.463 e. The average Bonchev–Trinajstić information content (AvgIpc) is 2.97. The summed E-state index contributed by atoms with van der Waals surface area (Å²) < 4.78 is 39.3. The summed E-state index contributed by atoms with van der Waals surface area (Å²) in [5.41, 5.74) is 0.260. The molecule has 15 heteroatoms. The SMILES string of the molecule is CC(=O)OC[C@H]1O[C@H](C2c3cccc(OC(C)=O)c3C(=O)c3c(OC(C)=O)cc(CO)cc32)[C@H](OC(C)=O)[C@@H](OC(C)=O)[C@@H]1OC(C)=O. The number of carbonyl (C=O) groups is 7. The fraction of sp³-hybridized carbons (Fsp3) is 0.424. The third kappa shape index (κ3) is 7.69. The first-order valence-corrected chi connectivity index (χ1v) is 14.7. The molecule has 1 unspecified atom stereocenters. The van der Waals surface area contributed by atoms with Gasteiger partial charge >= 0.3 is 35.8 Å². The van der Waals surface area contributed by atoms with E-state index in [0.29, 0.717) is 0 Å². The van der Waals surface area contributed by atoms with Crippen LogP contribution in [0.1, 0.15) is 80.1 Å². The Kier molecular flexibility index (Phi) is 11.0. The first-order valence-electron chi connectivity index (χ1n) is 14.7. The molecule has 48 heavy (non-hydrogen) atoms. The van der Waals surface area contributed by atoms with Gasteiger partial charge in [-0.1, -0.05) is 18.2 Å². The molecule has 15 nitrogen and oxygen atoms in total. The van der Waals surface area contributed by atoms with Crippen LogP contribution in [0.3, 0.4) is 0 Å². The maximum absolute atomic E-state index is 14.3. The molecular formula is C33H34O15. The van der Waals surface area contributed by atoms with Crippen LogP contribution in [0.4, 0.5) is 0 Å². The predicted molar refractivity (Wildman–Crippen MR) is 159 cm³/mol. The van der Waals surface area contributed by atoms with Gasteiger partial charge in [0.15, 0.2) is 18.3 Å². The van der Waals surface area contributed by atoms with Gasteiger partial charge in [-0.25, -0.2) is 0 Å². The number of ketones is 1. The maximum Gasteiger partial charge on any atom is 0.308 e. The number of ether oxygens (including phenoxy) is 7. The minimum atomic E-state index is -1.55. The fourth-order valence-corrected chi connectivity index (χ4v) is 5.98. The van der Waals surface area contributed by atoms with E-state index in [1.165, 1.54) is 30.3 Å². The van der Waals surface area contributed by atoms with E-state index in [1.807, 2.05) is 0 Å². The van der Waals surface area contributed by atoms with Crippen molar-refractivity contribution in [1.82, 2.24) is 0 Å². The Morgan fingerprint density at radius 3 is 1.81 bits per heavy atom. The molecule has 0 amide bonds. The molecule has 0 radical (unpaired) electrons. The summed E-state index contributed by atoms with van der Waals surface area (Å²) in [6.07, 6.45) is -7.28. The average molecular weight is 671 g/mol. The van der Waals surface area contributed by atoms with Gasteiger partial charge in [-0.15, -0.1) is 0 Å². The Morgan fingerprint density at radius 2 is 1.25 bits per heavy atom. The molecule has 4 rings (SSSR count). The van der Waals surface area contributed by atoms with Crippen molar-refractivity contribution >= 4 is 41.6 Å². The maximum atomic E-state index is 14.3. The van der Waals surface area contributed by atoms with Crippen molar-refractivity contribution < 1.29 is 71.8 Å². The highest BCUT2D eigenvalue weighted by atomic mass is 16.7. The first-order chi connectivity index (χ1) is 22.6. The number of rotatable bonds is 9. The van der Waals surface area contributed by atoms with E-state index in [0.717, 1.165) is 41.5 Å². The van der Waals surface area contributed by atoms with Gasteiger partial charge in [-0.05, 0) is 28.8 Å². The van der Waals surface area contributed by atoms with Crippen LogP contribution in [0.25, 0.3) is 0 Å². The van der Waals surface area contributed by atoms with Crippen LogP contribution in [0.15, 0.2) is 30.3 Å². The van der Waals surface area contributed by atoms with Crippen LogP contribution in [0.2, 0.25) is 0 Å².